The molecule has 0 bridgehead atoms. The van der Waals surface area contributed by atoms with Crippen LogP contribution in [0.3, 0.4) is 0 Å². The van der Waals surface area contributed by atoms with Crippen molar-refractivity contribution in [2.45, 2.75) is 45.6 Å². The van der Waals surface area contributed by atoms with E-state index in [1.54, 1.807) is 0 Å². The van der Waals surface area contributed by atoms with E-state index in [1.807, 2.05) is 12.1 Å². The van der Waals surface area contributed by atoms with Crippen molar-refractivity contribution in [2.75, 3.05) is 5.32 Å². The van der Waals surface area contributed by atoms with Crippen molar-refractivity contribution in [3.05, 3.63) is 64.7 Å². The molecule has 2 aromatic rings. The molecule has 0 unspecified atom stereocenters. The Morgan fingerprint density at radius 3 is 2.56 bits per heavy atom. The minimum Gasteiger partial charge on any atom is -0.352 e. The van der Waals surface area contributed by atoms with Crippen LogP contribution in [-0.2, 0) is 35.4 Å². The number of rotatable bonds is 7. The Morgan fingerprint density at radius 1 is 1.08 bits per heavy atom. The van der Waals surface area contributed by atoms with Crippen LogP contribution in [0.15, 0.2) is 42.5 Å². The molecular weight excluding hydrogens is 312 g/mol. The van der Waals surface area contributed by atoms with E-state index in [4.69, 9.17) is 0 Å². The number of hydrogen-bond donors (Lipinski definition) is 2. The first-order chi connectivity index (χ1) is 12.1. The second kappa shape index (κ2) is 7.97. The highest BCUT2D eigenvalue weighted by molar-refractivity contribution is 5.99. The van der Waals surface area contributed by atoms with Gasteiger partial charge in [0.15, 0.2) is 0 Å². The number of anilines is 1. The first kappa shape index (κ1) is 17.2. The second-order valence-corrected chi connectivity index (χ2v) is 6.52. The monoisotopic (exact) mass is 336 g/mol. The fourth-order valence-electron chi connectivity index (χ4n) is 3.07. The lowest BCUT2D eigenvalue weighted by Gasteiger charge is -2.07. The van der Waals surface area contributed by atoms with Crippen molar-refractivity contribution in [1.29, 1.82) is 0 Å². The molecule has 4 heteroatoms. The third-order valence-corrected chi connectivity index (χ3v) is 4.58. The molecule has 0 fully saturated rings. The van der Waals surface area contributed by atoms with E-state index in [0.29, 0.717) is 19.4 Å². The zero-order chi connectivity index (χ0) is 17.6. The van der Waals surface area contributed by atoms with Crippen LogP contribution < -0.4 is 10.6 Å². The van der Waals surface area contributed by atoms with Gasteiger partial charge in [-0.25, -0.2) is 0 Å². The largest absolute Gasteiger partial charge is 0.352 e. The predicted molar refractivity (Wildman–Crippen MR) is 99.4 cm³/mol. The third-order valence-electron chi connectivity index (χ3n) is 4.58. The van der Waals surface area contributed by atoms with Crippen molar-refractivity contribution in [3.63, 3.8) is 0 Å². The maximum Gasteiger partial charge on any atom is 0.228 e. The molecule has 1 aliphatic rings. The number of benzene rings is 2. The van der Waals surface area contributed by atoms with Gasteiger partial charge in [0.05, 0.1) is 6.42 Å². The van der Waals surface area contributed by atoms with Crippen LogP contribution in [0.2, 0.25) is 0 Å². The van der Waals surface area contributed by atoms with E-state index in [2.05, 4.69) is 47.9 Å². The van der Waals surface area contributed by atoms with Gasteiger partial charge in [-0.05, 0) is 47.6 Å². The van der Waals surface area contributed by atoms with Gasteiger partial charge in [-0.1, -0.05) is 43.3 Å². The van der Waals surface area contributed by atoms with Crippen LogP contribution in [0.1, 0.15) is 42.0 Å². The average molecular weight is 336 g/mol. The lowest BCUT2D eigenvalue weighted by Crippen LogP contribution is -2.22. The molecule has 0 radical (unpaired) electrons. The smallest absolute Gasteiger partial charge is 0.228 e. The molecule has 0 spiro atoms. The molecule has 2 N–H and O–H groups in total. The van der Waals surface area contributed by atoms with E-state index in [9.17, 15) is 9.59 Å². The van der Waals surface area contributed by atoms with Crippen molar-refractivity contribution in [1.82, 2.24) is 5.32 Å². The predicted octanol–water partition coefficient (Wildman–Crippen LogP) is 3.38. The zero-order valence-corrected chi connectivity index (χ0v) is 14.6. The summed E-state index contributed by atoms with van der Waals surface area (Å²) in [7, 11) is 0. The zero-order valence-electron chi connectivity index (χ0n) is 14.6. The van der Waals surface area contributed by atoms with Gasteiger partial charge in [-0.3, -0.25) is 9.59 Å². The SMILES string of the molecule is CCc1ccc(CNC(=O)CCCc2ccc3c(c2)CC(=O)N3)cc1. The summed E-state index contributed by atoms with van der Waals surface area (Å²) in [5.41, 5.74) is 5.59. The highest BCUT2D eigenvalue weighted by Gasteiger charge is 2.17. The number of carbonyl (C=O) groups is 2. The highest BCUT2D eigenvalue weighted by Crippen LogP contribution is 2.24. The number of nitrogens with one attached hydrogen (secondary N) is 2. The molecule has 0 saturated carbocycles. The van der Waals surface area contributed by atoms with E-state index in [1.165, 1.54) is 11.1 Å². The summed E-state index contributed by atoms with van der Waals surface area (Å²) in [6.07, 6.45) is 3.65. The van der Waals surface area contributed by atoms with Gasteiger partial charge in [0, 0.05) is 18.7 Å². The van der Waals surface area contributed by atoms with E-state index in [-0.39, 0.29) is 11.8 Å². The molecule has 1 heterocycles. The fourth-order valence-corrected chi connectivity index (χ4v) is 3.07. The molecule has 2 aromatic carbocycles. The maximum atomic E-state index is 12.0. The van der Waals surface area contributed by atoms with E-state index < -0.39 is 0 Å². The summed E-state index contributed by atoms with van der Waals surface area (Å²) in [6.45, 7) is 2.71. The van der Waals surface area contributed by atoms with Gasteiger partial charge in [0.2, 0.25) is 11.8 Å². The van der Waals surface area contributed by atoms with Gasteiger partial charge in [-0.15, -0.1) is 0 Å². The van der Waals surface area contributed by atoms with Crippen molar-refractivity contribution >= 4 is 17.5 Å². The van der Waals surface area contributed by atoms with Crippen molar-refractivity contribution in [2.24, 2.45) is 0 Å². The molecule has 2 amide bonds. The first-order valence-corrected chi connectivity index (χ1v) is 8.90. The summed E-state index contributed by atoms with van der Waals surface area (Å²) in [6, 6.07) is 14.4. The summed E-state index contributed by atoms with van der Waals surface area (Å²) in [4.78, 5) is 23.4. The van der Waals surface area contributed by atoms with Gasteiger partial charge in [-0.2, -0.15) is 0 Å². The Hall–Kier alpha value is -2.62. The summed E-state index contributed by atoms with van der Waals surface area (Å²) in [5, 5.41) is 5.81. The van der Waals surface area contributed by atoms with Crippen LogP contribution >= 0.6 is 0 Å². The quantitative estimate of drug-likeness (QED) is 0.814. The second-order valence-electron chi connectivity index (χ2n) is 6.52. The Bertz CT molecular complexity index is 766. The minimum absolute atomic E-state index is 0.0542. The molecular formula is C21H24N2O2. The normalized spacial score (nSPS) is 12.6. The Morgan fingerprint density at radius 2 is 1.80 bits per heavy atom. The average Bonchev–Trinajstić information content (AvgIpc) is 2.99. The van der Waals surface area contributed by atoms with Crippen LogP contribution in [0.5, 0.6) is 0 Å². The van der Waals surface area contributed by atoms with Gasteiger partial charge in [0.25, 0.3) is 0 Å². The number of hydrogen-bond acceptors (Lipinski definition) is 2. The molecule has 130 valence electrons. The van der Waals surface area contributed by atoms with E-state index in [0.717, 1.165) is 36.1 Å². The van der Waals surface area contributed by atoms with Crippen LogP contribution in [-0.4, -0.2) is 11.8 Å². The molecule has 3 rings (SSSR count). The van der Waals surface area contributed by atoms with Crippen molar-refractivity contribution < 1.29 is 9.59 Å². The lowest BCUT2D eigenvalue weighted by atomic mass is 10.0. The Labute approximate surface area is 148 Å². The number of carbonyl (C=O) groups excluding carboxylic acids is 2. The topological polar surface area (TPSA) is 58.2 Å². The molecule has 25 heavy (non-hydrogen) atoms. The van der Waals surface area contributed by atoms with E-state index >= 15 is 0 Å². The van der Waals surface area contributed by atoms with Crippen LogP contribution in [0, 0.1) is 0 Å². The summed E-state index contributed by atoms with van der Waals surface area (Å²) in [5.74, 6) is 0.135. The van der Waals surface area contributed by atoms with Gasteiger partial charge >= 0.3 is 0 Å². The standard InChI is InChI=1S/C21H24N2O2/c1-2-15-6-8-17(9-7-15)14-22-20(24)5-3-4-16-10-11-19-18(12-16)13-21(25)23-19/h6-12H,2-5,13-14H2,1H3,(H,22,24)(H,23,25). The van der Waals surface area contributed by atoms with Gasteiger partial charge < -0.3 is 10.6 Å². The minimum atomic E-state index is 0.0542. The molecule has 0 aromatic heterocycles. The fraction of sp³-hybridized carbons (Fsp3) is 0.333. The van der Waals surface area contributed by atoms with Crippen molar-refractivity contribution in [3.8, 4) is 0 Å². The number of amides is 2. The summed E-state index contributed by atoms with van der Waals surface area (Å²) < 4.78 is 0. The molecule has 0 saturated heterocycles. The highest BCUT2D eigenvalue weighted by atomic mass is 16.2. The number of aryl methyl sites for hydroxylation is 2. The third kappa shape index (κ3) is 4.69. The number of fused-ring (bicyclic) bond motifs is 1. The lowest BCUT2D eigenvalue weighted by molar-refractivity contribution is -0.121. The molecule has 1 aliphatic heterocycles. The van der Waals surface area contributed by atoms with Crippen LogP contribution in [0.4, 0.5) is 5.69 Å². The molecule has 0 atom stereocenters. The summed E-state index contributed by atoms with van der Waals surface area (Å²) >= 11 is 0. The molecule has 4 nitrogen and oxygen atoms in total. The van der Waals surface area contributed by atoms with Crippen LogP contribution in [0.25, 0.3) is 0 Å². The maximum absolute atomic E-state index is 12.0. The Kier molecular flexibility index (Phi) is 5.49. The Balaban J connectivity index is 1.40. The first-order valence-electron chi connectivity index (χ1n) is 8.90. The molecule has 0 aliphatic carbocycles. The van der Waals surface area contributed by atoms with Gasteiger partial charge in [0.1, 0.15) is 0 Å².